The van der Waals surface area contributed by atoms with E-state index in [1.165, 1.54) is 18.6 Å². The number of ether oxygens (including phenoxy) is 1. The van der Waals surface area contributed by atoms with E-state index in [9.17, 15) is 9.59 Å². The maximum Gasteiger partial charge on any atom is 0.274 e. The van der Waals surface area contributed by atoms with Gasteiger partial charge in [-0.05, 0) is 43.5 Å². The molecule has 0 N–H and O–H groups in total. The second-order valence-corrected chi connectivity index (χ2v) is 6.67. The van der Waals surface area contributed by atoms with Crippen molar-refractivity contribution in [3.8, 4) is 5.75 Å². The predicted octanol–water partition coefficient (Wildman–Crippen LogP) is 2.09. The Morgan fingerprint density at radius 1 is 0.963 bits per heavy atom. The third kappa shape index (κ3) is 4.07. The van der Waals surface area contributed by atoms with Crippen LogP contribution >= 0.6 is 0 Å². The summed E-state index contributed by atoms with van der Waals surface area (Å²) in [6.45, 7) is 6.10. The number of hydrogen-bond donors (Lipinski definition) is 0. The highest BCUT2D eigenvalue weighted by molar-refractivity contribution is 5.97. The normalized spacial score (nSPS) is 14.6. The monoisotopic (exact) mass is 368 g/mol. The summed E-state index contributed by atoms with van der Waals surface area (Å²) in [5, 5.41) is 0. The molecule has 1 aliphatic rings. The molecule has 0 bridgehead atoms. The van der Waals surface area contributed by atoms with E-state index in [1.54, 1.807) is 16.9 Å². The smallest absolute Gasteiger partial charge is 0.274 e. The molecule has 0 radical (unpaired) electrons. The van der Waals surface area contributed by atoms with Gasteiger partial charge in [0.05, 0.1) is 18.9 Å². The number of carbonyl (C=O) groups excluding carboxylic acids is 2. The third-order valence-electron chi connectivity index (χ3n) is 4.90. The maximum absolute atomic E-state index is 13.1. The zero-order valence-electron chi connectivity index (χ0n) is 15.9. The van der Waals surface area contributed by atoms with Gasteiger partial charge in [-0.25, -0.2) is 4.98 Å². The molecule has 2 aromatic rings. The topological polar surface area (TPSA) is 75.6 Å². The van der Waals surface area contributed by atoms with Gasteiger partial charge in [0, 0.05) is 38.6 Å². The van der Waals surface area contributed by atoms with E-state index < -0.39 is 0 Å². The molecule has 27 heavy (non-hydrogen) atoms. The molecular formula is C20H24N4O3. The minimum Gasteiger partial charge on any atom is -0.496 e. The van der Waals surface area contributed by atoms with Gasteiger partial charge in [0.15, 0.2) is 0 Å². The van der Waals surface area contributed by atoms with Gasteiger partial charge in [-0.1, -0.05) is 0 Å². The Morgan fingerprint density at radius 2 is 1.63 bits per heavy atom. The summed E-state index contributed by atoms with van der Waals surface area (Å²) in [6.07, 6.45) is 5.23. The van der Waals surface area contributed by atoms with E-state index in [4.69, 9.17) is 4.74 Å². The molecule has 7 nitrogen and oxygen atoms in total. The van der Waals surface area contributed by atoms with Crippen LogP contribution in [-0.2, 0) is 0 Å². The lowest BCUT2D eigenvalue weighted by Gasteiger charge is -2.23. The van der Waals surface area contributed by atoms with Gasteiger partial charge >= 0.3 is 0 Å². The lowest BCUT2D eigenvalue weighted by Crippen LogP contribution is -2.37. The number of nitrogens with zero attached hydrogens (tertiary/aromatic N) is 4. The van der Waals surface area contributed by atoms with Crippen LogP contribution < -0.4 is 4.74 Å². The van der Waals surface area contributed by atoms with Crippen molar-refractivity contribution in [2.24, 2.45) is 0 Å². The lowest BCUT2D eigenvalue weighted by atomic mass is 10.0. The van der Waals surface area contributed by atoms with Gasteiger partial charge in [0.2, 0.25) is 0 Å². The Labute approximate surface area is 159 Å². The summed E-state index contributed by atoms with van der Waals surface area (Å²) >= 11 is 0. The SMILES string of the molecule is COc1cc(C)c(C)cc1C(=O)N1CCCN(C(=O)c2cnccn2)CC1. The van der Waals surface area contributed by atoms with Gasteiger partial charge in [-0.3, -0.25) is 14.6 Å². The van der Waals surface area contributed by atoms with Crippen molar-refractivity contribution in [2.75, 3.05) is 33.3 Å². The van der Waals surface area contributed by atoms with Gasteiger partial charge in [-0.15, -0.1) is 0 Å². The average molecular weight is 368 g/mol. The van der Waals surface area contributed by atoms with E-state index in [1.807, 2.05) is 26.0 Å². The number of amides is 2. The Balaban J connectivity index is 1.74. The minimum absolute atomic E-state index is 0.0660. The van der Waals surface area contributed by atoms with E-state index in [-0.39, 0.29) is 11.8 Å². The maximum atomic E-state index is 13.1. The molecule has 3 rings (SSSR count). The van der Waals surface area contributed by atoms with Crippen LogP contribution in [0.5, 0.6) is 5.75 Å². The van der Waals surface area contributed by atoms with Crippen molar-refractivity contribution < 1.29 is 14.3 Å². The van der Waals surface area contributed by atoms with E-state index in [0.29, 0.717) is 49.6 Å². The van der Waals surface area contributed by atoms with E-state index >= 15 is 0 Å². The van der Waals surface area contributed by atoms with Crippen molar-refractivity contribution >= 4 is 11.8 Å². The molecule has 2 heterocycles. The third-order valence-corrected chi connectivity index (χ3v) is 4.90. The van der Waals surface area contributed by atoms with Crippen LogP contribution in [0.15, 0.2) is 30.7 Å². The van der Waals surface area contributed by atoms with Crippen LogP contribution in [0.25, 0.3) is 0 Å². The van der Waals surface area contributed by atoms with Crippen LogP contribution in [0.2, 0.25) is 0 Å². The summed E-state index contributed by atoms with van der Waals surface area (Å²) in [7, 11) is 1.57. The van der Waals surface area contributed by atoms with Gasteiger partial charge < -0.3 is 14.5 Å². The first-order valence-corrected chi connectivity index (χ1v) is 9.01. The first-order chi connectivity index (χ1) is 13.0. The fourth-order valence-corrected chi connectivity index (χ4v) is 3.19. The number of methoxy groups -OCH3 is 1. The zero-order valence-corrected chi connectivity index (χ0v) is 15.9. The highest BCUT2D eigenvalue weighted by Gasteiger charge is 2.26. The molecule has 1 aromatic heterocycles. The average Bonchev–Trinajstić information content (AvgIpc) is 2.95. The van der Waals surface area contributed by atoms with Crippen LogP contribution in [-0.4, -0.2) is 64.9 Å². The lowest BCUT2D eigenvalue weighted by molar-refractivity contribution is 0.0713. The molecular weight excluding hydrogens is 344 g/mol. The molecule has 1 fully saturated rings. The van der Waals surface area contributed by atoms with Gasteiger partial charge in [0.25, 0.3) is 11.8 Å². The summed E-state index contributed by atoms with van der Waals surface area (Å²) in [4.78, 5) is 37.2. The van der Waals surface area contributed by atoms with Crippen molar-refractivity contribution in [3.05, 3.63) is 53.1 Å². The zero-order chi connectivity index (χ0) is 19.4. The van der Waals surface area contributed by atoms with Crippen LogP contribution in [0.4, 0.5) is 0 Å². The molecule has 1 saturated heterocycles. The molecule has 0 aliphatic carbocycles. The molecule has 7 heteroatoms. The number of aromatic nitrogens is 2. The predicted molar refractivity (Wildman–Crippen MR) is 101 cm³/mol. The molecule has 1 aromatic carbocycles. The largest absolute Gasteiger partial charge is 0.496 e. The molecule has 0 spiro atoms. The standard InChI is InChI=1S/C20H24N4O3/c1-14-11-16(18(27-3)12-15(14)2)19(25)23-7-4-8-24(10-9-23)20(26)17-13-21-5-6-22-17/h5-6,11-13H,4,7-10H2,1-3H3. The molecule has 0 saturated carbocycles. The Kier molecular flexibility index (Phi) is 5.69. The Morgan fingerprint density at radius 3 is 2.26 bits per heavy atom. The molecule has 142 valence electrons. The molecule has 0 atom stereocenters. The first-order valence-electron chi connectivity index (χ1n) is 9.01. The Hall–Kier alpha value is -2.96. The van der Waals surface area contributed by atoms with Crippen molar-refractivity contribution in [1.29, 1.82) is 0 Å². The number of rotatable bonds is 3. The number of benzene rings is 1. The van der Waals surface area contributed by atoms with Gasteiger partial charge in [-0.2, -0.15) is 0 Å². The minimum atomic E-state index is -0.152. The second kappa shape index (κ2) is 8.16. The van der Waals surface area contributed by atoms with Crippen LogP contribution in [0.3, 0.4) is 0 Å². The van der Waals surface area contributed by atoms with Crippen molar-refractivity contribution in [2.45, 2.75) is 20.3 Å². The molecule has 0 unspecified atom stereocenters. The summed E-state index contributed by atoms with van der Waals surface area (Å²) < 4.78 is 5.41. The molecule has 2 amide bonds. The van der Waals surface area contributed by atoms with Crippen molar-refractivity contribution in [1.82, 2.24) is 19.8 Å². The summed E-state index contributed by atoms with van der Waals surface area (Å²) in [6, 6.07) is 3.77. The quantitative estimate of drug-likeness (QED) is 0.829. The fraction of sp³-hybridized carbons (Fsp3) is 0.400. The second-order valence-electron chi connectivity index (χ2n) is 6.67. The van der Waals surface area contributed by atoms with Gasteiger partial charge in [0.1, 0.15) is 11.4 Å². The molecule has 1 aliphatic heterocycles. The Bertz CT molecular complexity index is 839. The van der Waals surface area contributed by atoms with Crippen LogP contribution in [0, 0.1) is 13.8 Å². The van der Waals surface area contributed by atoms with Crippen molar-refractivity contribution in [3.63, 3.8) is 0 Å². The highest BCUT2D eigenvalue weighted by Crippen LogP contribution is 2.25. The van der Waals surface area contributed by atoms with E-state index in [0.717, 1.165) is 11.1 Å². The summed E-state index contributed by atoms with van der Waals surface area (Å²) in [5.41, 5.74) is 3.02. The van der Waals surface area contributed by atoms with Crippen LogP contribution in [0.1, 0.15) is 38.4 Å². The first kappa shape index (κ1) is 18.8. The highest BCUT2D eigenvalue weighted by atomic mass is 16.5. The summed E-state index contributed by atoms with van der Waals surface area (Å²) in [5.74, 6) is 0.366. The van der Waals surface area contributed by atoms with E-state index in [2.05, 4.69) is 9.97 Å². The number of hydrogen-bond acceptors (Lipinski definition) is 5. The fourth-order valence-electron chi connectivity index (χ4n) is 3.19. The number of aryl methyl sites for hydroxylation is 2. The number of carbonyl (C=O) groups is 2.